The number of benzene rings is 1. The van der Waals surface area contributed by atoms with Crippen molar-refractivity contribution < 1.29 is 4.74 Å². The van der Waals surface area contributed by atoms with E-state index in [-0.39, 0.29) is 0 Å². The first-order valence-electron chi connectivity index (χ1n) is 8.39. The molecule has 0 radical (unpaired) electrons. The van der Waals surface area contributed by atoms with Crippen LogP contribution in [-0.2, 0) is 6.42 Å². The van der Waals surface area contributed by atoms with Crippen LogP contribution in [0.15, 0.2) is 18.2 Å². The Morgan fingerprint density at radius 1 is 1.15 bits per heavy atom. The van der Waals surface area contributed by atoms with Gasteiger partial charge in [-0.25, -0.2) is 0 Å². The van der Waals surface area contributed by atoms with E-state index in [4.69, 9.17) is 4.74 Å². The number of methoxy groups -OCH3 is 1. The Hall–Kier alpha value is -0.980. The van der Waals surface area contributed by atoms with E-state index >= 15 is 0 Å². The number of hydrogen-bond donors (Lipinski definition) is 0. The van der Waals surface area contributed by atoms with Crippen LogP contribution in [0.1, 0.15) is 62.5 Å². The van der Waals surface area contributed by atoms with Crippen LogP contribution >= 0.6 is 0 Å². The van der Waals surface area contributed by atoms with E-state index in [9.17, 15) is 0 Å². The van der Waals surface area contributed by atoms with Gasteiger partial charge in [0.15, 0.2) is 0 Å². The molecule has 4 rings (SSSR count). The first kappa shape index (κ1) is 12.7. The van der Waals surface area contributed by atoms with Crippen molar-refractivity contribution in [3.8, 4) is 5.75 Å². The zero-order chi connectivity index (χ0) is 13.7. The molecule has 0 amide bonds. The number of rotatable bonds is 1. The lowest BCUT2D eigenvalue weighted by molar-refractivity contribution is 0.0589. The lowest BCUT2D eigenvalue weighted by atomic mass is 9.56. The maximum Gasteiger partial charge on any atom is 0.122 e. The van der Waals surface area contributed by atoms with E-state index in [0.29, 0.717) is 5.41 Å². The SMILES string of the molecule is COc1cccc2c1[C@H]1CC[C@]3(C)CCC[C@H]3[C@@H]1CC2. The van der Waals surface area contributed by atoms with Crippen molar-refractivity contribution >= 4 is 0 Å². The fourth-order valence-corrected chi connectivity index (χ4v) is 5.77. The molecular formula is C19H26O. The molecule has 0 aliphatic heterocycles. The second-order valence-electron chi connectivity index (χ2n) is 7.53. The molecule has 1 heteroatoms. The molecule has 3 aliphatic rings. The summed E-state index contributed by atoms with van der Waals surface area (Å²) < 4.78 is 5.70. The van der Waals surface area contributed by atoms with Crippen LogP contribution in [0.4, 0.5) is 0 Å². The van der Waals surface area contributed by atoms with Crippen molar-refractivity contribution in [3.05, 3.63) is 29.3 Å². The van der Waals surface area contributed by atoms with Crippen LogP contribution in [0.25, 0.3) is 0 Å². The molecule has 0 heterocycles. The Kier molecular flexibility index (Phi) is 2.87. The molecule has 1 aromatic carbocycles. The maximum absolute atomic E-state index is 5.70. The van der Waals surface area contributed by atoms with E-state index in [1.54, 1.807) is 11.1 Å². The summed E-state index contributed by atoms with van der Waals surface area (Å²) >= 11 is 0. The quantitative estimate of drug-likeness (QED) is 0.702. The minimum atomic E-state index is 0.653. The van der Waals surface area contributed by atoms with Gasteiger partial charge in [0, 0.05) is 5.56 Å². The minimum Gasteiger partial charge on any atom is -0.496 e. The summed E-state index contributed by atoms with van der Waals surface area (Å²) in [5.74, 6) is 3.81. The van der Waals surface area contributed by atoms with E-state index < -0.39 is 0 Å². The fourth-order valence-electron chi connectivity index (χ4n) is 5.77. The van der Waals surface area contributed by atoms with Crippen molar-refractivity contribution in [1.82, 2.24) is 0 Å². The van der Waals surface area contributed by atoms with Crippen molar-refractivity contribution in [2.24, 2.45) is 17.3 Å². The summed E-state index contributed by atoms with van der Waals surface area (Å²) in [7, 11) is 1.84. The van der Waals surface area contributed by atoms with E-state index in [1.807, 2.05) is 7.11 Å². The Morgan fingerprint density at radius 2 is 2.05 bits per heavy atom. The van der Waals surface area contributed by atoms with E-state index in [1.165, 1.54) is 44.9 Å². The summed E-state index contributed by atoms with van der Waals surface area (Å²) in [4.78, 5) is 0. The summed E-state index contributed by atoms with van der Waals surface area (Å²) in [5, 5.41) is 0. The standard InChI is InChI=1S/C19H26O/c1-19-11-4-6-16(19)14-9-8-13-5-3-7-17(20-2)18(13)15(14)10-12-19/h3,5,7,14-16H,4,6,8-12H2,1-2H3/t14-,15+,16+,19+/m1/s1. The average molecular weight is 270 g/mol. The molecule has 1 nitrogen and oxygen atoms in total. The van der Waals surface area contributed by atoms with Crippen LogP contribution in [0, 0.1) is 17.3 Å². The largest absolute Gasteiger partial charge is 0.496 e. The highest BCUT2D eigenvalue weighted by Crippen LogP contribution is 2.61. The lowest BCUT2D eigenvalue weighted by Gasteiger charge is -2.49. The van der Waals surface area contributed by atoms with Crippen molar-refractivity contribution in [2.75, 3.05) is 7.11 Å². The zero-order valence-corrected chi connectivity index (χ0v) is 12.8. The first-order chi connectivity index (χ1) is 9.73. The maximum atomic E-state index is 5.70. The molecule has 0 spiro atoms. The lowest BCUT2D eigenvalue weighted by Crippen LogP contribution is -2.39. The topological polar surface area (TPSA) is 9.23 Å². The molecule has 108 valence electrons. The van der Waals surface area contributed by atoms with Gasteiger partial charge in [-0.3, -0.25) is 0 Å². The number of fused-ring (bicyclic) bond motifs is 5. The Morgan fingerprint density at radius 3 is 2.90 bits per heavy atom. The minimum absolute atomic E-state index is 0.653. The van der Waals surface area contributed by atoms with Crippen molar-refractivity contribution in [1.29, 1.82) is 0 Å². The predicted octanol–water partition coefficient (Wildman–Crippen LogP) is 4.94. The molecule has 0 N–H and O–H groups in total. The van der Waals surface area contributed by atoms with Crippen LogP contribution in [0.2, 0.25) is 0 Å². The highest BCUT2D eigenvalue weighted by atomic mass is 16.5. The van der Waals surface area contributed by atoms with Crippen molar-refractivity contribution in [2.45, 2.75) is 57.8 Å². The molecule has 1 aromatic rings. The Balaban J connectivity index is 1.76. The average Bonchev–Trinajstić information content (AvgIpc) is 2.88. The van der Waals surface area contributed by atoms with Crippen LogP contribution in [0.5, 0.6) is 5.75 Å². The first-order valence-corrected chi connectivity index (χ1v) is 8.39. The molecule has 0 saturated heterocycles. The van der Waals surface area contributed by atoms with Gasteiger partial charge in [-0.1, -0.05) is 25.5 Å². The van der Waals surface area contributed by atoms with Crippen LogP contribution in [-0.4, -0.2) is 7.11 Å². The van der Waals surface area contributed by atoms with Gasteiger partial charge < -0.3 is 4.74 Å². The van der Waals surface area contributed by atoms with Gasteiger partial charge >= 0.3 is 0 Å². The van der Waals surface area contributed by atoms with Gasteiger partial charge in [-0.05, 0) is 73.3 Å². The van der Waals surface area contributed by atoms with Gasteiger partial charge in [0.2, 0.25) is 0 Å². The smallest absolute Gasteiger partial charge is 0.122 e. The molecule has 2 fully saturated rings. The number of aryl methyl sites for hydroxylation is 1. The molecule has 0 aromatic heterocycles. The third-order valence-corrected chi connectivity index (χ3v) is 6.71. The number of ether oxygens (including phenoxy) is 1. The summed E-state index contributed by atoms with van der Waals surface area (Å²) in [6.45, 7) is 2.57. The monoisotopic (exact) mass is 270 g/mol. The molecule has 0 unspecified atom stereocenters. The van der Waals surface area contributed by atoms with Gasteiger partial charge in [0.05, 0.1) is 7.11 Å². The number of hydrogen-bond acceptors (Lipinski definition) is 1. The van der Waals surface area contributed by atoms with E-state index in [2.05, 4.69) is 25.1 Å². The molecule has 3 aliphatic carbocycles. The normalized spacial score (nSPS) is 38.8. The third-order valence-electron chi connectivity index (χ3n) is 6.71. The molecule has 0 bridgehead atoms. The fraction of sp³-hybridized carbons (Fsp3) is 0.684. The third kappa shape index (κ3) is 1.68. The van der Waals surface area contributed by atoms with Gasteiger partial charge in [0.25, 0.3) is 0 Å². The van der Waals surface area contributed by atoms with Crippen LogP contribution in [0.3, 0.4) is 0 Å². The van der Waals surface area contributed by atoms with Gasteiger partial charge in [-0.2, -0.15) is 0 Å². The van der Waals surface area contributed by atoms with E-state index in [0.717, 1.165) is 23.5 Å². The second-order valence-corrected chi connectivity index (χ2v) is 7.53. The molecule has 4 atom stereocenters. The molecular weight excluding hydrogens is 244 g/mol. The second kappa shape index (κ2) is 4.51. The Bertz CT molecular complexity index is 506. The summed E-state index contributed by atoms with van der Waals surface area (Å²) in [6.07, 6.45) is 9.89. The van der Waals surface area contributed by atoms with Crippen molar-refractivity contribution in [3.63, 3.8) is 0 Å². The highest BCUT2D eigenvalue weighted by molar-refractivity contribution is 5.45. The van der Waals surface area contributed by atoms with Crippen LogP contribution < -0.4 is 4.74 Å². The Labute approximate surface area is 122 Å². The highest BCUT2D eigenvalue weighted by Gasteiger charge is 2.50. The predicted molar refractivity (Wildman–Crippen MR) is 82.2 cm³/mol. The molecule has 2 saturated carbocycles. The summed E-state index contributed by atoms with van der Waals surface area (Å²) in [6, 6.07) is 6.67. The summed E-state index contributed by atoms with van der Waals surface area (Å²) in [5.41, 5.74) is 3.79. The van der Waals surface area contributed by atoms with Gasteiger partial charge in [0.1, 0.15) is 5.75 Å². The molecule has 20 heavy (non-hydrogen) atoms. The zero-order valence-electron chi connectivity index (χ0n) is 12.8. The van der Waals surface area contributed by atoms with Gasteiger partial charge in [-0.15, -0.1) is 0 Å².